The van der Waals surface area contributed by atoms with Gasteiger partial charge in [-0.15, -0.1) is 0 Å². The van der Waals surface area contributed by atoms with E-state index in [1.807, 2.05) is 26.0 Å². The Labute approximate surface area is 104 Å². The van der Waals surface area contributed by atoms with Crippen LogP contribution < -0.4 is 15.8 Å². The summed E-state index contributed by atoms with van der Waals surface area (Å²) in [7, 11) is 0. The third kappa shape index (κ3) is 1.48. The molecule has 0 bridgehead atoms. The first-order valence-electron chi connectivity index (χ1n) is 5.75. The lowest BCUT2D eigenvalue weighted by atomic mass is 10.1. The van der Waals surface area contributed by atoms with Crippen LogP contribution in [0, 0.1) is 13.8 Å². The lowest BCUT2D eigenvalue weighted by molar-refractivity contribution is -0.124. The van der Waals surface area contributed by atoms with Gasteiger partial charge in [-0.1, -0.05) is 6.07 Å². The second-order valence-corrected chi connectivity index (χ2v) is 4.67. The van der Waals surface area contributed by atoms with Gasteiger partial charge in [0.05, 0.1) is 11.3 Å². The lowest BCUT2D eigenvalue weighted by Crippen LogP contribution is -2.44. The van der Waals surface area contributed by atoms with Crippen molar-refractivity contribution in [2.45, 2.75) is 19.9 Å². The van der Waals surface area contributed by atoms with Crippen LogP contribution in [-0.2, 0) is 9.59 Å². The molecule has 5 nitrogen and oxygen atoms in total. The summed E-state index contributed by atoms with van der Waals surface area (Å²) in [5, 5.41) is 4.04. The molecule has 0 aromatic heterocycles. The molecule has 0 radical (unpaired) electrons. The number of nitrogens with one attached hydrogen (secondary N) is 2. The summed E-state index contributed by atoms with van der Waals surface area (Å²) in [6, 6.07) is 5.46. The highest BCUT2D eigenvalue weighted by Crippen LogP contribution is 2.27. The number of rotatable bonds is 1. The molecule has 0 spiro atoms. The van der Waals surface area contributed by atoms with E-state index in [1.165, 1.54) is 0 Å². The van der Waals surface area contributed by atoms with Gasteiger partial charge in [0.2, 0.25) is 0 Å². The van der Waals surface area contributed by atoms with Gasteiger partial charge >= 0.3 is 0 Å². The minimum Gasteiger partial charge on any atom is -0.304 e. The number of fused-ring (bicyclic) bond motifs is 1. The van der Waals surface area contributed by atoms with E-state index in [4.69, 9.17) is 0 Å². The largest absolute Gasteiger partial charge is 0.304 e. The number of imide groups is 1. The Morgan fingerprint density at radius 1 is 1.11 bits per heavy atom. The second kappa shape index (κ2) is 3.60. The number of nitrogens with zero attached hydrogens (tertiary/aromatic N) is 1. The third-order valence-electron chi connectivity index (χ3n) is 3.14. The smallest absolute Gasteiger partial charge is 0.258 e. The zero-order valence-electron chi connectivity index (χ0n) is 10.2. The summed E-state index contributed by atoms with van der Waals surface area (Å²) in [4.78, 5) is 23.3. The topological polar surface area (TPSA) is 61.4 Å². The average Bonchev–Trinajstić information content (AvgIpc) is 2.81. The van der Waals surface area contributed by atoms with Gasteiger partial charge in [0.1, 0.15) is 0 Å². The molecule has 2 heterocycles. The predicted octanol–water partition coefficient (Wildman–Crippen LogP) is 0.537. The van der Waals surface area contributed by atoms with Crippen molar-refractivity contribution in [3.63, 3.8) is 0 Å². The molecule has 0 aliphatic carbocycles. The number of aryl methyl sites for hydroxylation is 2. The number of amides is 2. The number of carbonyl (C=O) groups excluding carboxylic acids is 2. The van der Waals surface area contributed by atoms with E-state index in [0.717, 1.165) is 16.8 Å². The van der Waals surface area contributed by atoms with Gasteiger partial charge in [-0.3, -0.25) is 19.9 Å². The molecule has 0 saturated carbocycles. The first-order chi connectivity index (χ1) is 8.56. The van der Waals surface area contributed by atoms with E-state index in [-0.39, 0.29) is 11.8 Å². The Hall–Kier alpha value is -2.30. The molecular formula is C13H13N3O2. The summed E-state index contributed by atoms with van der Waals surface area (Å²) in [5.41, 5.74) is 6.57. The van der Waals surface area contributed by atoms with E-state index >= 15 is 0 Å². The highest BCUT2D eigenvalue weighted by molar-refractivity contribution is 6.18. The normalized spacial score (nSPS) is 21.6. The summed E-state index contributed by atoms with van der Waals surface area (Å²) in [5.74, 6) is -0.597. The number of hydrogen-bond acceptors (Lipinski definition) is 4. The molecule has 18 heavy (non-hydrogen) atoms. The molecule has 2 aliphatic heterocycles. The van der Waals surface area contributed by atoms with Crippen molar-refractivity contribution in [1.82, 2.24) is 10.7 Å². The summed E-state index contributed by atoms with van der Waals surface area (Å²) >= 11 is 0. The number of carbonyl (C=O) groups is 2. The molecule has 2 N–H and O–H groups in total. The zero-order chi connectivity index (χ0) is 12.9. The summed E-state index contributed by atoms with van der Waals surface area (Å²) < 4.78 is 0. The molecule has 1 aromatic rings. The average molecular weight is 243 g/mol. The fourth-order valence-electron chi connectivity index (χ4n) is 2.45. The molecule has 1 unspecified atom stereocenters. The van der Waals surface area contributed by atoms with Crippen LogP contribution in [0.2, 0.25) is 0 Å². The molecular weight excluding hydrogens is 230 g/mol. The van der Waals surface area contributed by atoms with Crippen molar-refractivity contribution in [3.8, 4) is 0 Å². The van der Waals surface area contributed by atoms with E-state index in [1.54, 1.807) is 11.2 Å². The number of hydrogen-bond donors (Lipinski definition) is 2. The van der Waals surface area contributed by atoms with Crippen LogP contribution in [-0.4, -0.2) is 17.9 Å². The number of benzene rings is 1. The van der Waals surface area contributed by atoms with Crippen molar-refractivity contribution in [1.29, 1.82) is 0 Å². The van der Waals surface area contributed by atoms with Gasteiger partial charge in [-0.05, 0) is 37.1 Å². The van der Waals surface area contributed by atoms with E-state index in [0.29, 0.717) is 5.57 Å². The molecule has 1 atom stereocenters. The van der Waals surface area contributed by atoms with Gasteiger partial charge in [0.15, 0.2) is 6.04 Å². The Kier molecular flexibility index (Phi) is 2.16. The van der Waals surface area contributed by atoms with Gasteiger partial charge in [-0.2, -0.15) is 0 Å². The molecule has 1 aromatic carbocycles. The van der Waals surface area contributed by atoms with E-state index < -0.39 is 6.04 Å². The van der Waals surface area contributed by atoms with Crippen LogP contribution in [0.25, 0.3) is 0 Å². The molecule has 92 valence electrons. The summed E-state index contributed by atoms with van der Waals surface area (Å²) in [6.45, 7) is 4.00. The molecule has 5 heteroatoms. The maximum atomic E-state index is 11.8. The minimum absolute atomic E-state index is 0.282. The molecule has 1 saturated heterocycles. The fourth-order valence-corrected chi connectivity index (χ4v) is 2.45. The van der Waals surface area contributed by atoms with Crippen LogP contribution >= 0.6 is 0 Å². The van der Waals surface area contributed by atoms with Crippen molar-refractivity contribution in [3.05, 3.63) is 41.1 Å². The second-order valence-electron chi connectivity index (χ2n) is 4.67. The zero-order valence-corrected chi connectivity index (χ0v) is 10.2. The number of hydrazine groups is 1. The van der Waals surface area contributed by atoms with Gasteiger partial charge < -0.3 is 5.43 Å². The van der Waals surface area contributed by atoms with Crippen LogP contribution in [0.1, 0.15) is 11.1 Å². The van der Waals surface area contributed by atoms with Gasteiger partial charge in [-0.25, -0.2) is 0 Å². The number of anilines is 1. The van der Waals surface area contributed by atoms with E-state index in [2.05, 4.69) is 16.8 Å². The monoisotopic (exact) mass is 243 g/mol. The van der Waals surface area contributed by atoms with Gasteiger partial charge in [0, 0.05) is 6.20 Å². The Morgan fingerprint density at radius 3 is 2.44 bits per heavy atom. The van der Waals surface area contributed by atoms with Crippen LogP contribution in [0.5, 0.6) is 0 Å². The third-order valence-corrected chi connectivity index (χ3v) is 3.14. The predicted molar refractivity (Wildman–Crippen MR) is 66.6 cm³/mol. The maximum absolute atomic E-state index is 11.8. The molecule has 2 aliphatic rings. The molecule has 2 amide bonds. The van der Waals surface area contributed by atoms with Crippen LogP contribution in [0.15, 0.2) is 30.0 Å². The first kappa shape index (κ1) is 10.8. The van der Waals surface area contributed by atoms with E-state index in [9.17, 15) is 9.59 Å². The SMILES string of the molecule is Cc1cc(C)cc(N2NC=C3C(=O)NC(=O)C32)c1. The molecule has 3 rings (SSSR count). The van der Waals surface area contributed by atoms with Crippen molar-refractivity contribution in [2.75, 3.05) is 5.01 Å². The standard InChI is InChI=1S/C13H13N3O2/c1-7-3-8(2)5-9(4-7)16-11-10(6-14-16)12(17)15-13(11)18/h3-6,11,14H,1-2H3,(H,15,17,18). The maximum Gasteiger partial charge on any atom is 0.258 e. The quantitative estimate of drug-likeness (QED) is 0.707. The summed E-state index contributed by atoms with van der Waals surface area (Å²) in [6.07, 6.45) is 1.59. The highest BCUT2D eigenvalue weighted by atomic mass is 16.2. The minimum atomic E-state index is -0.557. The van der Waals surface area contributed by atoms with Crippen molar-refractivity contribution < 1.29 is 9.59 Å². The Balaban J connectivity index is 2.00. The van der Waals surface area contributed by atoms with Crippen LogP contribution in [0.4, 0.5) is 5.69 Å². The highest BCUT2D eigenvalue weighted by Gasteiger charge is 2.44. The first-order valence-corrected chi connectivity index (χ1v) is 5.75. The van der Waals surface area contributed by atoms with Crippen molar-refractivity contribution >= 4 is 17.5 Å². The lowest BCUT2D eigenvalue weighted by Gasteiger charge is -2.24. The van der Waals surface area contributed by atoms with Gasteiger partial charge in [0.25, 0.3) is 11.8 Å². The fraction of sp³-hybridized carbons (Fsp3) is 0.231. The molecule has 1 fully saturated rings. The Bertz CT molecular complexity index is 572. The Morgan fingerprint density at radius 2 is 1.78 bits per heavy atom. The van der Waals surface area contributed by atoms with Crippen LogP contribution in [0.3, 0.4) is 0 Å². The van der Waals surface area contributed by atoms with Crippen molar-refractivity contribution in [2.24, 2.45) is 0 Å².